The number of aryl methyl sites for hydroxylation is 1. The Morgan fingerprint density at radius 2 is 1.91 bits per heavy atom. The van der Waals surface area contributed by atoms with E-state index in [4.69, 9.17) is 0 Å². The van der Waals surface area contributed by atoms with Crippen molar-refractivity contribution in [2.45, 2.75) is 33.2 Å². The Bertz CT molecular complexity index is 764. The molecule has 0 bridgehead atoms. The molecule has 7 heteroatoms. The third-order valence-corrected chi connectivity index (χ3v) is 5.06. The number of carbonyl (C=O) groups excluding carboxylic acids is 1. The Hall–Kier alpha value is -2.15. The molecule has 0 fully saturated rings. The van der Waals surface area contributed by atoms with Gasteiger partial charge in [-0.15, -0.1) is 4.40 Å². The van der Waals surface area contributed by atoms with Crippen LogP contribution in [0.1, 0.15) is 31.4 Å². The quantitative estimate of drug-likeness (QED) is 0.911. The predicted octanol–water partition coefficient (Wildman–Crippen LogP) is 1.77. The fourth-order valence-corrected chi connectivity index (χ4v) is 2.94. The van der Waals surface area contributed by atoms with Gasteiger partial charge in [0.05, 0.1) is 5.71 Å². The Balaban J connectivity index is 2.43. The van der Waals surface area contributed by atoms with Crippen molar-refractivity contribution in [3.8, 4) is 0 Å². The maximum atomic E-state index is 12.4. The number of allylic oxidation sites excluding steroid dienone is 1. The Kier molecular flexibility index (Phi) is 4.89. The first-order chi connectivity index (χ1) is 10.7. The van der Waals surface area contributed by atoms with Crippen molar-refractivity contribution in [2.75, 3.05) is 7.05 Å². The highest BCUT2D eigenvalue weighted by Crippen LogP contribution is 2.20. The summed E-state index contributed by atoms with van der Waals surface area (Å²) in [5, 5.41) is 2.78. The monoisotopic (exact) mass is 335 g/mol. The molecule has 0 unspecified atom stereocenters. The number of hydrogen-bond acceptors (Lipinski definition) is 3. The number of rotatable bonds is 4. The van der Waals surface area contributed by atoms with Crippen molar-refractivity contribution in [3.63, 3.8) is 0 Å². The molecule has 1 aromatic rings. The van der Waals surface area contributed by atoms with Gasteiger partial charge in [-0.05, 0) is 26.3 Å². The lowest BCUT2D eigenvalue weighted by Gasteiger charge is -2.24. The number of benzene rings is 1. The average Bonchev–Trinajstić information content (AvgIpc) is 2.50. The molecule has 1 aromatic carbocycles. The van der Waals surface area contributed by atoms with E-state index in [1.54, 1.807) is 12.1 Å². The Morgan fingerprint density at radius 3 is 2.48 bits per heavy atom. The minimum atomic E-state index is -3.91. The molecule has 2 rings (SSSR count). The summed E-state index contributed by atoms with van der Waals surface area (Å²) >= 11 is 0. The standard InChI is InChI=1S/C16H21N3O3S/c1-5-12(3)17-16(20)15-10-14(18-23(21,22)19(15)4)13-8-6-11(2)7-9-13/h6-10,12H,5H2,1-4H3,(H,17,20)/t12-/m1/s1. The topological polar surface area (TPSA) is 78.8 Å². The van der Waals surface area contributed by atoms with Crippen LogP contribution in [0, 0.1) is 6.92 Å². The Morgan fingerprint density at radius 1 is 1.30 bits per heavy atom. The van der Waals surface area contributed by atoms with Gasteiger partial charge in [0.25, 0.3) is 5.91 Å². The molecular formula is C16H21N3O3S. The molecule has 1 heterocycles. The van der Waals surface area contributed by atoms with E-state index >= 15 is 0 Å². The summed E-state index contributed by atoms with van der Waals surface area (Å²) in [6, 6.07) is 7.28. The molecule has 23 heavy (non-hydrogen) atoms. The Labute approximate surface area is 137 Å². The number of likely N-dealkylation sites (N-methyl/N-ethyl adjacent to an activating group) is 1. The van der Waals surface area contributed by atoms with Crippen LogP contribution in [0.2, 0.25) is 0 Å². The van der Waals surface area contributed by atoms with Crippen molar-refractivity contribution in [2.24, 2.45) is 4.40 Å². The smallest absolute Gasteiger partial charge is 0.345 e. The van der Waals surface area contributed by atoms with Gasteiger partial charge in [-0.3, -0.25) is 4.79 Å². The summed E-state index contributed by atoms with van der Waals surface area (Å²) in [5.74, 6) is -0.426. The highest BCUT2D eigenvalue weighted by Gasteiger charge is 2.30. The maximum Gasteiger partial charge on any atom is 0.345 e. The van der Waals surface area contributed by atoms with Crippen molar-refractivity contribution < 1.29 is 13.2 Å². The van der Waals surface area contributed by atoms with Crippen molar-refractivity contribution in [3.05, 3.63) is 47.2 Å². The van der Waals surface area contributed by atoms with E-state index in [1.165, 1.54) is 13.1 Å². The van der Waals surface area contributed by atoms with Gasteiger partial charge in [-0.1, -0.05) is 36.8 Å². The molecule has 1 atom stereocenters. The van der Waals surface area contributed by atoms with Gasteiger partial charge in [0, 0.05) is 18.7 Å². The summed E-state index contributed by atoms with van der Waals surface area (Å²) in [5.41, 5.74) is 2.04. The van der Waals surface area contributed by atoms with Gasteiger partial charge < -0.3 is 5.32 Å². The molecule has 1 aliphatic heterocycles. The van der Waals surface area contributed by atoms with Crippen LogP contribution in [-0.4, -0.2) is 37.4 Å². The molecule has 124 valence electrons. The van der Waals surface area contributed by atoms with E-state index in [0.717, 1.165) is 16.3 Å². The summed E-state index contributed by atoms with van der Waals surface area (Å²) < 4.78 is 29.1. The third kappa shape index (κ3) is 3.79. The average molecular weight is 335 g/mol. The summed E-state index contributed by atoms with van der Waals surface area (Å²) in [6.45, 7) is 5.75. The second-order valence-corrected chi connectivity index (χ2v) is 7.23. The molecule has 0 saturated heterocycles. The van der Waals surface area contributed by atoms with E-state index in [-0.39, 0.29) is 17.5 Å². The first-order valence-corrected chi connectivity index (χ1v) is 8.82. The lowest BCUT2D eigenvalue weighted by Crippen LogP contribution is -2.41. The number of carbonyl (C=O) groups is 1. The van der Waals surface area contributed by atoms with Crippen LogP contribution < -0.4 is 5.32 Å². The molecule has 0 spiro atoms. The van der Waals surface area contributed by atoms with Gasteiger partial charge in [0.2, 0.25) is 0 Å². The SMILES string of the molecule is CC[C@@H](C)NC(=O)C1=CC(c2ccc(C)cc2)=NS(=O)(=O)N1C. The molecule has 1 aliphatic rings. The van der Waals surface area contributed by atoms with Crippen LogP contribution in [0.4, 0.5) is 0 Å². The van der Waals surface area contributed by atoms with Crippen LogP contribution in [0.15, 0.2) is 40.4 Å². The largest absolute Gasteiger partial charge is 0.348 e. The zero-order chi connectivity index (χ0) is 17.2. The van der Waals surface area contributed by atoms with Gasteiger partial charge in [-0.2, -0.15) is 8.42 Å². The summed E-state index contributed by atoms with van der Waals surface area (Å²) in [4.78, 5) is 12.4. The summed E-state index contributed by atoms with van der Waals surface area (Å²) in [6.07, 6.45) is 2.26. The van der Waals surface area contributed by atoms with E-state index in [1.807, 2.05) is 32.9 Å². The number of nitrogens with one attached hydrogen (secondary N) is 1. The van der Waals surface area contributed by atoms with Gasteiger partial charge >= 0.3 is 10.2 Å². The van der Waals surface area contributed by atoms with Crippen molar-refractivity contribution in [1.29, 1.82) is 0 Å². The van der Waals surface area contributed by atoms with Gasteiger partial charge in [0.1, 0.15) is 5.70 Å². The first kappa shape index (κ1) is 17.2. The maximum absolute atomic E-state index is 12.4. The molecule has 0 aliphatic carbocycles. The molecule has 0 aromatic heterocycles. The minimum Gasteiger partial charge on any atom is -0.348 e. The number of amides is 1. The summed E-state index contributed by atoms with van der Waals surface area (Å²) in [7, 11) is -2.59. The van der Waals surface area contributed by atoms with Gasteiger partial charge in [-0.25, -0.2) is 4.31 Å². The second-order valence-electron chi connectivity index (χ2n) is 5.60. The van der Waals surface area contributed by atoms with Crippen LogP contribution in [0.5, 0.6) is 0 Å². The van der Waals surface area contributed by atoms with Crippen LogP contribution in [-0.2, 0) is 15.0 Å². The molecule has 1 amide bonds. The van der Waals surface area contributed by atoms with E-state index < -0.39 is 16.1 Å². The van der Waals surface area contributed by atoms with Crippen molar-refractivity contribution in [1.82, 2.24) is 9.62 Å². The number of hydrogen-bond donors (Lipinski definition) is 1. The lowest BCUT2D eigenvalue weighted by molar-refractivity contribution is -0.119. The predicted molar refractivity (Wildman–Crippen MR) is 90.4 cm³/mol. The highest BCUT2D eigenvalue weighted by molar-refractivity contribution is 7.88. The van der Waals surface area contributed by atoms with E-state index in [2.05, 4.69) is 9.71 Å². The highest BCUT2D eigenvalue weighted by atomic mass is 32.2. The molecule has 1 N–H and O–H groups in total. The van der Waals surface area contributed by atoms with Crippen LogP contribution >= 0.6 is 0 Å². The van der Waals surface area contributed by atoms with E-state index in [0.29, 0.717) is 5.56 Å². The van der Waals surface area contributed by atoms with Crippen LogP contribution in [0.25, 0.3) is 0 Å². The fraction of sp³-hybridized carbons (Fsp3) is 0.375. The zero-order valence-corrected chi connectivity index (χ0v) is 14.5. The molecule has 0 saturated carbocycles. The zero-order valence-electron chi connectivity index (χ0n) is 13.7. The van der Waals surface area contributed by atoms with Crippen LogP contribution in [0.3, 0.4) is 0 Å². The third-order valence-electron chi connectivity index (χ3n) is 3.74. The van der Waals surface area contributed by atoms with Crippen molar-refractivity contribution >= 4 is 21.8 Å². The second kappa shape index (κ2) is 6.54. The molecule has 6 nitrogen and oxygen atoms in total. The van der Waals surface area contributed by atoms with Gasteiger partial charge in [0.15, 0.2) is 0 Å². The first-order valence-electron chi connectivity index (χ1n) is 7.43. The minimum absolute atomic E-state index is 0.0406. The lowest BCUT2D eigenvalue weighted by atomic mass is 10.1. The molecular weight excluding hydrogens is 314 g/mol. The van der Waals surface area contributed by atoms with E-state index in [9.17, 15) is 13.2 Å². The number of nitrogens with zero attached hydrogens (tertiary/aromatic N) is 2. The molecule has 0 radical (unpaired) electrons. The fourth-order valence-electron chi connectivity index (χ4n) is 2.03. The normalized spacial score (nSPS) is 18.0.